The fraction of sp³-hybridized carbons (Fsp3) is 0.714. The minimum Gasteiger partial charge on any atom is -0.475 e. The Kier molecular flexibility index (Phi) is 3.55. The van der Waals surface area contributed by atoms with Crippen molar-refractivity contribution in [2.45, 2.75) is 38.8 Å². The van der Waals surface area contributed by atoms with Crippen molar-refractivity contribution in [2.75, 3.05) is 24.5 Å². The normalized spacial score (nSPS) is 26.6. The van der Waals surface area contributed by atoms with E-state index in [9.17, 15) is 0 Å². The fourth-order valence-corrected chi connectivity index (χ4v) is 3.00. The molecule has 2 saturated heterocycles. The van der Waals surface area contributed by atoms with Crippen LogP contribution in [0.15, 0.2) is 12.3 Å². The fourth-order valence-electron chi connectivity index (χ4n) is 3.00. The third-order valence-corrected chi connectivity index (χ3v) is 3.86. The van der Waals surface area contributed by atoms with Crippen LogP contribution in [-0.4, -0.2) is 41.7 Å². The van der Waals surface area contributed by atoms with Gasteiger partial charge in [-0.3, -0.25) is 0 Å². The van der Waals surface area contributed by atoms with Crippen LogP contribution in [0.4, 0.5) is 5.95 Å². The van der Waals surface area contributed by atoms with Gasteiger partial charge >= 0.3 is 0 Å². The van der Waals surface area contributed by atoms with Crippen LogP contribution in [0.3, 0.4) is 0 Å². The first-order valence-electron chi connectivity index (χ1n) is 7.20. The highest BCUT2D eigenvalue weighted by atomic mass is 16.5. The zero-order valence-electron chi connectivity index (χ0n) is 11.7. The second-order valence-corrected chi connectivity index (χ2v) is 5.73. The third kappa shape index (κ3) is 2.81. The molecule has 0 saturated carbocycles. The van der Waals surface area contributed by atoms with Crippen molar-refractivity contribution in [3.05, 3.63) is 12.3 Å². The maximum absolute atomic E-state index is 5.64. The molecule has 0 bridgehead atoms. The summed E-state index contributed by atoms with van der Waals surface area (Å²) in [4.78, 5) is 11.2. The Morgan fingerprint density at radius 2 is 2.32 bits per heavy atom. The summed E-state index contributed by atoms with van der Waals surface area (Å²) >= 11 is 0. The van der Waals surface area contributed by atoms with Gasteiger partial charge in [-0.25, -0.2) is 4.98 Å². The number of piperidine rings is 1. The van der Waals surface area contributed by atoms with E-state index < -0.39 is 0 Å². The highest BCUT2D eigenvalue weighted by molar-refractivity contribution is 5.35. The van der Waals surface area contributed by atoms with E-state index in [2.05, 4.69) is 20.2 Å². The summed E-state index contributed by atoms with van der Waals surface area (Å²) in [5.41, 5.74) is 0. The topological polar surface area (TPSA) is 50.3 Å². The monoisotopic (exact) mass is 262 g/mol. The predicted molar refractivity (Wildman–Crippen MR) is 74.5 cm³/mol. The third-order valence-electron chi connectivity index (χ3n) is 3.86. The van der Waals surface area contributed by atoms with Crippen molar-refractivity contribution >= 4 is 5.95 Å². The molecule has 104 valence electrons. The van der Waals surface area contributed by atoms with Gasteiger partial charge in [0.1, 0.15) is 0 Å². The van der Waals surface area contributed by atoms with Crippen molar-refractivity contribution in [2.24, 2.45) is 5.92 Å². The molecule has 0 radical (unpaired) electrons. The van der Waals surface area contributed by atoms with Gasteiger partial charge in [0.2, 0.25) is 11.8 Å². The largest absolute Gasteiger partial charge is 0.475 e. The first kappa shape index (κ1) is 12.7. The van der Waals surface area contributed by atoms with Gasteiger partial charge in [0.25, 0.3) is 0 Å². The Balaban J connectivity index is 1.72. The van der Waals surface area contributed by atoms with Gasteiger partial charge in [0.15, 0.2) is 0 Å². The van der Waals surface area contributed by atoms with Crippen LogP contribution in [0.25, 0.3) is 0 Å². The molecule has 2 fully saturated rings. The Morgan fingerprint density at radius 3 is 3.11 bits per heavy atom. The summed E-state index contributed by atoms with van der Waals surface area (Å²) in [6.45, 7) is 7.23. The molecule has 0 aliphatic carbocycles. The van der Waals surface area contributed by atoms with Gasteiger partial charge in [-0.2, -0.15) is 4.98 Å². The number of fused-ring (bicyclic) bond motifs is 1. The van der Waals surface area contributed by atoms with Crippen molar-refractivity contribution in [1.82, 2.24) is 15.3 Å². The van der Waals surface area contributed by atoms with E-state index in [0.717, 1.165) is 31.5 Å². The molecule has 1 aromatic rings. The van der Waals surface area contributed by atoms with Gasteiger partial charge < -0.3 is 15.0 Å². The minimum absolute atomic E-state index is 0.144. The van der Waals surface area contributed by atoms with E-state index in [1.807, 2.05) is 19.9 Å². The molecule has 2 atom stereocenters. The number of anilines is 1. The Labute approximate surface area is 114 Å². The summed E-state index contributed by atoms with van der Waals surface area (Å²) in [7, 11) is 0. The quantitative estimate of drug-likeness (QED) is 0.893. The molecule has 5 heteroatoms. The second-order valence-electron chi connectivity index (χ2n) is 5.73. The van der Waals surface area contributed by atoms with Gasteiger partial charge in [-0.05, 0) is 39.2 Å². The molecule has 5 nitrogen and oxygen atoms in total. The lowest BCUT2D eigenvalue weighted by molar-refractivity contribution is 0.232. The summed E-state index contributed by atoms with van der Waals surface area (Å²) in [6, 6.07) is 2.43. The van der Waals surface area contributed by atoms with E-state index in [1.165, 1.54) is 12.8 Å². The molecular weight excluding hydrogens is 240 g/mol. The molecule has 1 aromatic heterocycles. The first-order chi connectivity index (χ1) is 9.22. The van der Waals surface area contributed by atoms with Crippen molar-refractivity contribution in [3.8, 4) is 5.88 Å². The van der Waals surface area contributed by atoms with Gasteiger partial charge in [0, 0.05) is 31.4 Å². The molecule has 2 aliphatic heterocycles. The van der Waals surface area contributed by atoms with E-state index >= 15 is 0 Å². The summed E-state index contributed by atoms with van der Waals surface area (Å²) in [5, 5.41) is 3.60. The number of hydrogen-bond acceptors (Lipinski definition) is 5. The average molecular weight is 262 g/mol. The Hall–Kier alpha value is -1.36. The Morgan fingerprint density at radius 1 is 1.42 bits per heavy atom. The SMILES string of the molecule is CC(C)Oc1ccnc(N2CC3CCCNC3C2)n1. The van der Waals surface area contributed by atoms with Gasteiger partial charge in [-0.1, -0.05) is 0 Å². The van der Waals surface area contributed by atoms with Gasteiger partial charge in [0.05, 0.1) is 6.10 Å². The number of nitrogens with zero attached hydrogens (tertiary/aromatic N) is 3. The molecule has 2 unspecified atom stereocenters. The lowest BCUT2D eigenvalue weighted by atomic mass is 9.94. The minimum atomic E-state index is 0.144. The van der Waals surface area contributed by atoms with Crippen LogP contribution in [0.1, 0.15) is 26.7 Å². The molecule has 3 rings (SSSR count). The van der Waals surface area contributed by atoms with Crippen LogP contribution in [0, 0.1) is 5.92 Å². The second kappa shape index (κ2) is 5.33. The number of nitrogens with one attached hydrogen (secondary N) is 1. The number of ether oxygens (including phenoxy) is 1. The van der Waals surface area contributed by atoms with Crippen molar-refractivity contribution in [1.29, 1.82) is 0 Å². The highest BCUT2D eigenvalue weighted by Crippen LogP contribution is 2.27. The summed E-state index contributed by atoms with van der Waals surface area (Å²) in [5.74, 6) is 2.21. The molecular formula is C14H22N4O. The lowest BCUT2D eigenvalue weighted by Crippen LogP contribution is -2.40. The number of aromatic nitrogens is 2. The molecule has 0 amide bonds. The number of rotatable bonds is 3. The first-order valence-corrected chi connectivity index (χ1v) is 7.20. The molecule has 3 heterocycles. The van der Waals surface area contributed by atoms with E-state index in [0.29, 0.717) is 11.9 Å². The Bertz CT molecular complexity index is 423. The van der Waals surface area contributed by atoms with Crippen LogP contribution in [0.2, 0.25) is 0 Å². The predicted octanol–water partition coefficient (Wildman–Crippen LogP) is 1.45. The highest BCUT2D eigenvalue weighted by Gasteiger charge is 2.35. The average Bonchev–Trinajstić information content (AvgIpc) is 2.82. The van der Waals surface area contributed by atoms with E-state index in [4.69, 9.17) is 4.74 Å². The van der Waals surface area contributed by atoms with E-state index in [-0.39, 0.29) is 6.10 Å². The maximum Gasteiger partial charge on any atom is 0.228 e. The molecule has 1 N–H and O–H groups in total. The van der Waals surface area contributed by atoms with Crippen molar-refractivity contribution in [3.63, 3.8) is 0 Å². The number of hydrogen-bond donors (Lipinski definition) is 1. The maximum atomic E-state index is 5.64. The van der Waals surface area contributed by atoms with Gasteiger partial charge in [-0.15, -0.1) is 0 Å². The molecule has 0 spiro atoms. The molecule has 19 heavy (non-hydrogen) atoms. The zero-order valence-corrected chi connectivity index (χ0v) is 11.7. The van der Waals surface area contributed by atoms with Crippen LogP contribution >= 0.6 is 0 Å². The molecule has 2 aliphatic rings. The standard InChI is InChI=1S/C14H22N4O/c1-10(2)19-13-5-7-16-14(17-13)18-8-11-4-3-6-15-12(11)9-18/h5,7,10-12,15H,3-4,6,8-9H2,1-2H3. The molecule has 0 aromatic carbocycles. The zero-order chi connectivity index (χ0) is 13.2. The van der Waals surface area contributed by atoms with E-state index in [1.54, 1.807) is 6.20 Å². The lowest BCUT2D eigenvalue weighted by Gasteiger charge is -2.24. The van der Waals surface area contributed by atoms with Crippen LogP contribution < -0.4 is 15.0 Å². The van der Waals surface area contributed by atoms with Crippen molar-refractivity contribution < 1.29 is 4.74 Å². The smallest absolute Gasteiger partial charge is 0.228 e. The summed E-state index contributed by atoms with van der Waals surface area (Å²) in [6.07, 6.45) is 4.53. The van der Waals surface area contributed by atoms with Crippen LogP contribution in [0.5, 0.6) is 5.88 Å². The van der Waals surface area contributed by atoms with Crippen LogP contribution in [-0.2, 0) is 0 Å². The summed E-state index contributed by atoms with van der Waals surface area (Å²) < 4.78 is 5.64.